The van der Waals surface area contributed by atoms with E-state index in [-0.39, 0.29) is 6.61 Å². The second-order valence-electron chi connectivity index (χ2n) is 1.84. The minimum absolute atomic E-state index is 0.234. The van der Waals surface area contributed by atoms with Crippen molar-refractivity contribution in [2.45, 2.75) is 0 Å². The Morgan fingerprint density at radius 3 is 3.18 bits per heavy atom. The largest absolute Gasteiger partial charge is 0.479 e. The zero-order valence-electron chi connectivity index (χ0n) is 5.80. The Balaban J connectivity index is 2.71. The average Bonchev–Trinajstić information content (AvgIpc) is 2.03. The van der Waals surface area contributed by atoms with Gasteiger partial charge in [0.15, 0.2) is 0 Å². The van der Waals surface area contributed by atoms with Gasteiger partial charge in [-0.3, -0.25) is 0 Å². The summed E-state index contributed by atoms with van der Waals surface area (Å²) in [6.07, 6.45) is 5.00. The highest BCUT2D eigenvalue weighted by atomic mass is 35.5. The Morgan fingerprint density at radius 1 is 1.73 bits per heavy atom. The van der Waals surface area contributed by atoms with Gasteiger partial charge in [-0.2, -0.15) is 0 Å². The van der Waals surface area contributed by atoms with Crippen LogP contribution in [0.15, 0.2) is 18.2 Å². The topological polar surface area (TPSA) is 9.23 Å². The second-order valence-corrected chi connectivity index (χ2v) is 2.22. The predicted molar refractivity (Wildman–Crippen MR) is 44.6 cm³/mol. The molecule has 0 aliphatic carbocycles. The molecule has 0 unspecified atom stereocenters. The van der Waals surface area contributed by atoms with Crippen molar-refractivity contribution in [3.05, 3.63) is 29.3 Å². The van der Waals surface area contributed by atoms with E-state index >= 15 is 0 Å². The smallest absolute Gasteiger partial charge is 0.148 e. The zero-order valence-corrected chi connectivity index (χ0v) is 6.56. The molecule has 0 amide bonds. The molecule has 0 spiro atoms. The molecule has 1 aromatic rings. The highest BCUT2D eigenvalue weighted by Crippen LogP contribution is 2.21. The van der Waals surface area contributed by atoms with Crippen LogP contribution >= 0.6 is 11.6 Å². The summed E-state index contributed by atoms with van der Waals surface area (Å²) in [5.74, 6) is 2.92. The third-order valence-electron chi connectivity index (χ3n) is 1.08. The number of halogens is 1. The molecule has 1 nitrogen and oxygen atoms in total. The minimum Gasteiger partial charge on any atom is -0.479 e. The number of ether oxygens (including phenoxy) is 1. The van der Waals surface area contributed by atoms with Crippen molar-refractivity contribution in [3.8, 4) is 18.1 Å². The molecule has 1 radical (unpaired) electrons. The van der Waals surface area contributed by atoms with E-state index in [1.54, 1.807) is 18.2 Å². The van der Waals surface area contributed by atoms with E-state index in [2.05, 4.69) is 12.0 Å². The Morgan fingerprint density at radius 2 is 2.55 bits per heavy atom. The van der Waals surface area contributed by atoms with Crippen molar-refractivity contribution < 1.29 is 4.74 Å². The number of rotatable bonds is 2. The van der Waals surface area contributed by atoms with Crippen LogP contribution in [0.3, 0.4) is 0 Å². The van der Waals surface area contributed by atoms with Gasteiger partial charge in [0, 0.05) is 6.07 Å². The lowest BCUT2D eigenvalue weighted by molar-refractivity contribution is 0.370. The van der Waals surface area contributed by atoms with Crippen LogP contribution in [-0.4, -0.2) is 6.61 Å². The molecule has 11 heavy (non-hydrogen) atoms. The van der Waals surface area contributed by atoms with E-state index in [1.807, 2.05) is 0 Å². The van der Waals surface area contributed by atoms with E-state index in [0.29, 0.717) is 10.8 Å². The van der Waals surface area contributed by atoms with Crippen LogP contribution in [0.4, 0.5) is 0 Å². The Labute approximate surface area is 70.9 Å². The van der Waals surface area contributed by atoms with Gasteiger partial charge in [-0.25, -0.2) is 0 Å². The summed E-state index contributed by atoms with van der Waals surface area (Å²) in [7, 11) is 0. The van der Waals surface area contributed by atoms with Gasteiger partial charge in [-0.1, -0.05) is 29.7 Å². The second kappa shape index (κ2) is 3.90. The Hall–Kier alpha value is -1.13. The van der Waals surface area contributed by atoms with E-state index < -0.39 is 0 Å². The van der Waals surface area contributed by atoms with Gasteiger partial charge in [0.1, 0.15) is 12.4 Å². The molecule has 0 aliphatic heterocycles. The van der Waals surface area contributed by atoms with Crippen LogP contribution in [0.5, 0.6) is 5.75 Å². The first-order valence-electron chi connectivity index (χ1n) is 3.07. The van der Waals surface area contributed by atoms with Gasteiger partial charge in [0.25, 0.3) is 0 Å². The molecule has 0 fully saturated rings. The summed E-state index contributed by atoms with van der Waals surface area (Å²) < 4.78 is 5.09. The quantitative estimate of drug-likeness (QED) is 0.611. The SMILES string of the molecule is C#CCOc1ccc[c]c1Cl. The number of hydrogen-bond donors (Lipinski definition) is 0. The highest BCUT2D eigenvalue weighted by Gasteiger charge is 1.96. The molecule has 2 heteroatoms. The van der Waals surface area contributed by atoms with E-state index in [4.69, 9.17) is 22.8 Å². The van der Waals surface area contributed by atoms with Crippen LogP contribution in [0, 0.1) is 18.4 Å². The van der Waals surface area contributed by atoms with Crippen LogP contribution in [0.25, 0.3) is 0 Å². The first kappa shape index (κ1) is 7.97. The highest BCUT2D eigenvalue weighted by molar-refractivity contribution is 6.31. The van der Waals surface area contributed by atoms with E-state index in [1.165, 1.54) is 0 Å². The molecular formula is C9H6ClO. The molecule has 0 heterocycles. The van der Waals surface area contributed by atoms with Crippen LogP contribution in [0.2, 0.25) is 5.02 Å². The monoisotopic (exact) mass is 165 g/mol. The first-order chi connectivity index (χ1) is 5.34. The van der Waals surface area contributed by atoms with E-state index in [0.717, 1.165) is 0 Å². The molecule has 0 N–H and O–H groups in total. The molecule has 0 bridgehead atoms. The van der Waals surface area contributed by atoms with Crippen molar-refractivity contribution in [2.75, 3.05) is 6.61 Å². The van der Waals surface area contributed by atoms with Crippen molar-refractivity contribution in [2.24, 2.45) is 0 Å². The molecule has 0 atom stereocenters. The third kappa shape index (κ3) is 2.18. The standard InChI is InChI=1S/C9H6ClO/c1-2-7-11-9-6-4-3-5-8(9)10/h1,3-4,6H,7H2. The molecule has 1 aromatic carbocycles. The van der Waals surface area contributed by atoms with Gasteiger partial charge in [0.2, 0.25) is 0 Å². The molecule has 0 saturated heterocycles. The number of benzene rings is 1. The number of terminal acetylenes is 1. The molecule has 0 saturated carbocycles. The molecular weight excluding hydrogens is 160 g/mol. The Bertz CT molecular complexity index is 275. The molecule has 0 aliphatic rings. The molecule has 1 rings (SSSR count). The van der Waals surface area contributed by atoms with Crippen molar-refractivity contribution in [1.82, 2.24) is 0 Å². The fourth-order valence-corrected chi connectivity index (χ4v) is 0.813. The van der Waals surface area contributed by atoms with Crippen LogP contribution < -0.4 is 4.74 Å². The summed E-state index contributed by atoms with van der Waals surface area (Å²) in [5, 5.41) is 0.461. The average molecular weight is 166 g/mol. The normalized spacial score (nSPS) is 8.73. The van der Waals surface area contributed by atoms with Gasteiger partial charge in [-0.15, -0.1) is 6.42 Å². The lowest BCUT2D eigenvalue weighted by atomic mass is 10.3. The maximum Gasteiger partial charge on any atom is 0.148 e. The zero-order chi connectivity index (χ0) is 8.10. The maximum absolute atomic E-state index is 5.71. The first-order valence-corrected chi connectivity index (χ1v) is 3.45. The van der Waals surface area contributed by atoms with Gasteiger partial charge >= 0.3 is 0 Å². The molecule has 0 aromatic heterocycles. The Kier molecular flexibility index (Phi) is 2.83. The lowest BCUT2D eigenvalue weighted by Gasteiger charge is -2.01. The lowest BCUT2D eigenvalue weighted by Crippen LogP contribution is -1.93. The number of hydrogen-bond acceptors (Lipinski definition) is 1. The minimum atomic E-state index is 0.234. The summed E-state index contributed by atoms with van der Waals surface area (Å²) >= 11 is 5.71. The van der Waals surface area contributed by atoms with E-state index in [9.17, 15) is 0 Å². The third-order valence-corrected chi connectivity index (χ3v) is 1.38. The summed E-state index contributed by atoms with van der Waals surface area (Å²) in [4.78, 5) is 0. The fraction of sp³-hybridized carbons (Fsp3) is 0.111. The summed E-state index contributed by atoms with van der Waals surface area (Å²) in [5.41, 5.74) is 0. The van der Waals surface area contributed by atoms with Gasteiger partial charge in [0.05, 0.1) is 5.02 Å². The predicted octanol–water partition coefficient (Wildman–Crippen LogP) is 2.15. The maximum atomic E-state index is 5.71. The van der Waals surface area contributed by atoms with Gasteiger partial charge < -0.3 is 4.74 Å². The summed E-state index contributed by atoms with van der Waals surface area (Å²) in [6, 6.07) is 8.03. The van der Waals surface area contributed by atoms with Crippen molar-refractivity contribution >= 4 is 11.6 Å². The van der Waals surface area contributed by atoms with Crippen LogP contribution in [-0.2, 0) is 0 Å². The van der Waals surface area contributed by atoms with Gasteiger partial charge in [-0.05, 0) is 6.07 Å². The van der Waals surface area contributed by atoms with Crippen LogP contribution in [0.1, 0.15) is 0 Å². The molecule has 55 valence electrons. The summed E-state index contributed by atoms with van der Waals surface area (Å²) in [6.45, 7) is 0.234. The fourth-order valence-electron chi connectivity index (χ4n) is 0.632. The van der Waals surface area contributed by atoms with Crippen molar-refractivity contribution in [3.63, 3.8) is 0 Å². The van der Waals surface area contributed by atoms with Crippen molar-refractivity contribution in [1.29, 1.82) is 0 Å².